The Morgan fingerprint density at radius 3 is 2.61 bits per heavy atom. The van der Waals surface area contributed by atoms with Crippen molar-refractivity contribution >= 4 is 27.5 Å². The first-order valence-electron chi connectivity index (χ1n) is 6.32. The number of fused-ring (bicyclic) bond motifs is 2. The summed E-state index contributed by atoms with van der Waals surface area (Å²) in [6.07, 6.45) is 4.98. The minimum Gasteiger partial charge on any atom is -0.298 e. The zero-order valence-electron chi connectivity index (χ0n) is 11.1. The first kappa shape index (κ1) is 13.7. The van der Waals surface area contributed by atoms with Crippen molar-refractivity contribution in [1.82, 2.24) is 0 Å². The average molecular weight is 311 g/mol. The maximum Gasteiger partial charge on any atom is 0.169 e. The van der Waals surface area contributed by atoms with Crippen LogP contribution in [-0.2, 0) is 9.59 Å². The van der Waals surface area contributed by atoms with Gasteiger partial charge in [-0.3, -0.25) is 9.59 Å². The highest BCUT2D eigenvalue weighted by Gasteiger charge is 2.59. The molecule has 0 spiro atoms. The second kappa shape index (κ2) is 4.16. The van der Waals surface area contributed by atoms with Crippen molar-refractivity contribution in [3.63, 3.8) is 0 Å². The van der Waals surface area contributed by atoms with Crippen LogP contribution < -0.4 is 0 Å². The molecule has 0 aromatic heterocycles. The molecule has 0 aromatic rings. The molecule has 0 amide bonds. The number of ketones is 2. The summed E-state index contributed by atoms with van der Waals surface area (Å²) in [5.74, 6) is 0.138. The summed E-state index contributed by atoms with van der Waals surface area (Å²) in [4.78, 5) is 24.8. The summed E-state index contributed by atoms with van der Waals surface area (Å²) in [6, 6.07) is 0. The van der Waals surface area contributed by atoms with E-state index < -0.39 is 5.41 Å². The zero-order chi connectivity index (χ0) is 13.7. The minimum absolute atomic E-state index is 0.0554. The highest BCUT2D eigenvalue weighted by molar-refractivity contribution is 9.11. The van der Waals surface area contributed by atoms with Crippen LogP contribution in [0.25, 0.3) is 0 Å². The summed E-state index contributed by atoms with van der Waals surface area (Å²) in [6.45, 7) is 9.83. The molecule has 2 unspecified atom stereocenters. The number of halogens is 1. The van der Waals surface area contributed by atoms with E-state index in [1.807, 2.05) is 6.08 Å². The number of rotatable bonds is 2. The summed E-state index contributed by atoms with van der Waals surface area (Å²) < 4.78 is 0.744. The predicted octanol–water partition coefficient (Wildman–Crippen LogP) is 3.66. The van der Waals surface area contributed by atoms with Crippen LogP contribution in [0.1, 0.15) is 33.6 Å². The molecule has 3 atom stereocenters. The fraction of sp³-hybridized carbons (Fsp3) is 0.600. The second-order valence-corrected chi connectivity index (χ2v) is 7.19. The molecule has 3 heteroatoms. The molecule has 1 fully saturated rings. The second-order valence-electron chi connectivity index (χ2n) is 6.27. The Kier molecular flexibility index (Phi) is 3.17. The molecule has 1 saturated carbocycles. The lowest BCUT2D eigenvalue weighted by molar-refractivity contribution is -0.151. The predicted molar refractivity (Wildman–Crippen MR) is 75.3 cm³/mol. The van der Waals surface area contributed by atoms with Gasteiger partial charge < -0.3 is 0 Å². The normalized spacial score (nSPS) is 38.3. The van der Waals surface area contributed by atoms with Crippen molar-refractivity contribution in [3.05, 3.63) is 23.2 Å². The van der Waals surface area contributed by atoms with Gasteiger partial charge in [-0.1, -0.05) is 35.9 Å². The number of allylic oxidation sites excluding steroid dienone is 3. The zero-order valence-corrected chi connectivity index (χ0v) is 12.7. The van der Waals surface area contributed by atoms with Gasteiger partial charge in [-0.05, 0) is 37.2 Å². The average Bonchev–Trinajstić information content (AvgIpc) is 2.24. The van der Waals surface area contributed by atoms with E-state index in [0.717, 1.165) is 10.9 Å². The fourth-order valence-corrected chi connectivity index (χ4v) is 4.41. The molecule has 2 bridgehead atoms. The number of carbonyl (C=O) groups is 2. The Bertz CT molecular complexity index is 461. The van der Waals surface area contributed by atoms with Gasteiger partial charge in [0, 0.05) is 4.48 Å². The van der Waals surface area contributed by atoms with Gasteiger partial charge >= 0.3 is 0 Å². The number of Topliss-reactive ketones (excluding diaryl/α,β-unsaturated/α-hetero) is 1. The minimum atomic E-state index is -0.828. The van der Waals surface area contributed by atoms with E-state index in [4.69, 9.17) is 0 Å². The molecular formula is C15H19BrO2. The molecule has 0 radical (unpaired) electrons. The van der Waals surface area contributed by atoms with Gasteiger partial charge in [-0.2, -0.15) is 0 Å². The lowest BCUT2D eigenvalue weighted by atomic mass is 9.50. The van der Waals surface area contributed by atoms with Gasteiger partial charge in [0.05, 0.1) is 11.3 Å². The third-order valence-corrected chi connectivity index (χ3v) is 5.48. The van der Waals surface area contributed by atoms with E-state index in [0.29, 0.717) is 12.3 Å². The van der Waals surface area contributed by atoms with Crippen molar-refractivity contribution < 1.29 is 9.59 Å². The van der Waals surface area contributed by atoms with Crippen molar-refractivity contribution in [2.45, 2.75) is 33.6 Å². The van der Waals surface area contributed by atoms with E-state index in [2.05, 4.69) is 36.4 Å². The molecule has 2 nitrogen and oxygen atoms in total. The van der Waals surface area contributed by atoms with Gasteiger partial charge in [0.25, 0.3) is 0 Å². The van der Waals surface area contributed by atoms with Crippen LogP contribution in [0.5, 0.6) is 0 Å². The molecule has 0 aromatic carbocycles. The summed E-state index contributed by atoms with van der Waals surface area (Å²) in [7, 11) is 0. The molecule has 0 heterocycles. The lowest BCUT2D eigenvalue weighted by Gasteiger charge is -2.52. The quantitative estimate of drug-likeness (QED) is 0.576. The Balaban J connectivity index is 2.56. The Morgan fingerprint density at radius 2 is 2.06 bits per heavy atom. The van der Waals surface area contributed by atoms with E-state index >= 15 is 0 Å². The molecule has 0 aliphatic heterocycles. The molecule has 2 rings (SSSR count). The highest BCUT2D eigenvalue weighted by Crippen LogP contribution is 2.57. The largest absolute Gasteiger partial charge is 0.298 e. The van der Waals surface area contributed by atoms with Gasteiger partial charge in [0.2, 0.25) is 0 Å². The van der Waals surface area contributed by atoms with Crippen LogP contribution in [-0.4, -0.2) is 11.6 Å². The van der Waals surface area contributed by atoms with Crippen molar-refractivity contribution in [2.24, 2.45) is 22.7 Å². The van der Waals surface area contributed by atoms with Crippen molar-refractivity contribution in [2.75, 3.05) is 0 Å². The summed E-state index contributed by atoms with van der Waals surface area (Å²) >= 11 is 3.43. The van der Waals surface area contributed by atoms with Crippen molar-refractivity contribution in [3.8, 4) is 0 Å². The first-order valence-corrected chi connectivity index (χ1v) is 7.11. The molecule has 2 aliphatic rings. The van der Waals surface area contributed by atoms with Crippen LogP contribution in [0.15, 0.2) is 23.2 Å². The van der Waals surface area contributed by atoms with Gasteiger partial charge in [-0.25, -0.2) is 0 Å². The standard InChI is InChI=1S/C15H19BrO2/c1-5-6-9-8-15(4)11(17)7-10(16)12(13(15)18)14(9,2)3/h5,7,9,12H,1,6,8H2,2-4H3/t9?,12-,15?/m1/s1. The monoisotopic (exact) mass is 310 g/mol. The summed E-state index contributed by atoms with van der Waals surface area (Å²) in [5, 5.41) is 0. The molecule has 0 saturated heterocycles. The maximum atomic E-state index is 12.6. The molecule has 98 valence electrons. The van der Waals surface area contributed by atoms with E-state index in [1.54, 1.807) is 13.0 Å². The van der Waals surface area contributed by atoms with Gasteiger partial charge in [-0.15, -0.1) is 6.58 Å². The Labute approximate surface area is 117 Å². The SMILES string of the molecule is C=CCC1CC2(C)C(=O)C=C(Br)[C@H](C2=O)C1(C)C. The molecule has 2 aliphatic carbocycles. The lowest BCUT2D eigenvalue weighted by Crippen LogP contribution is -2.56. The third kappa shape index (κ3) is 1.67. The molecular weight excluding hydrogens is 292 g/mol. The van der Waals surface area contributed by atoms with Crippen LogP contribution in [0.2, 0.25) is 0 Å². The highest BCUT2D eigenvalue weighted by atomic mass is 79.9. The fourth-order valence-electron chi connectivity index (χ4n) is 3.41. The topological polar surface area (TPSA) is 34.1 Å². The van der Waals surface area contributed by atoms with E-state index in [-0.39, 0.29) is 22.9 Å². The van der Waals surface area contributed by atoms with Gasteiger partial charge in [0.1, 0.15) is 0 Å². The smallest absolute Gasteiger partial charge is 0.169 e. The van der Waals surface area contributed by atoms with Crippen LogP contribution in [0, 0.1) is 22.7 Å². The number of carbonyl (C=O) groups excluding carboxylic acids is 2. The van der Waals surface area contributed by atoms with E-state index in [9.17, 15) is 9.59 Å². The first-order chi connectivity index (χ1) is 8.25. The Hall–Kier alpha value is -0.700. The Morgan fingerprint density at radius 1 is 1.44 bits per heavy atom. The van der Waals surface area contributed by atoms with Crippen molar-refractivity contribution in [1.29, 1.82) is 0 Å². The van der Waals surface area contributed by atoms with Crippen LogP contribution >= 0.6 is 15.9 Å². The molecule has 18 heavy (non-hydrogen) atoms. The number of hydrogen-bond acceptors (Lipinski definition) is 2. The summed E-state index contributed by atoms with van der Waals surface area (Å²) in [5.41, 5.74) is -0.966. The van der Waals surface area contributed by atoms with Crippen LogP contribution in [0.3, 0.4) is 0 Å². The third-order valence-electron chi connectivity index (χ3n) is 4.80. The maximum absolute atomic E-state index is 12.6. The van der Waals surface area contributed by atoms with Gasteiger partial charge in [0.15, 0.2) is 11.6 Å². The van der Waals surface area contributed by atoms with E-state index in [1.165, 1.54) is 0 Å². The molecule has 0 N–H and O–H groups in total. The van der Waals surface area contributed by atoms with Crippen LogP contribution in [0.4, 0.5) is 0 Å². The number of hydrogen-bond donors (Lipinski definition) is 0.